The second-order valence-electron chi connectivity index (χ2n) is 7.18. The van der Waals surface area contributed by atoms with Crippen LogP contribution in [0.15, 0.2) is 18.2 Å². The van der Waals surface area contributed by atoms with Gasteiger partial charge in [0.1, 0.15) is 18.1 Å². The fraction of sp³-hybridized carbons (Fsp3) is 0.600. The molecule has 6 nitrogen and oxygen atoms in total. The molecule has 0 radical (unpaired) electrons. The summed E-state index contributed by atoms with van der Waals surface area (Å²) in [6.07, 6.45) is 5.66. The van der Waals surface area contributed by atoms with Gasteiger partial charge in [-0.1, -0.05) is 19.3 Å². The fourth-order valence-electron chi connectivity index (χ4n) is 3.73. The second-order valence-corrected chi connectivity index (χ2v) is 7.18. The lowest BCUT2D eigenvalue weighted by molar-refractivity contribution is -0.127. The minimum absolute atomic E-state index is 0.0146. The quantitative estimate of drug-likeness (QED) is 0.877. The van der Waals surface area contributed by atoms with E-state index in [0.717, 1.165) is 31.4 Å². The summed E-state index contributed by atoms with van der Waals surface area (Å²) in [6.45, 7) is 2.86. The number of benzene rings is 1. The smallest absolute Gasteiger partial charge is 0.229 e. The molecule has 0 saturated heterocycles. The Morgan fingerprint density at radius 1 is 1.31 bits per heavy atom. The third-order valence-corrected chi connectivity index (χ3v) is 5.18. The molecule has 1 N–H and O–H groups in total. The Balaban J connectivity index is 1.60. The Labute approximate surface area is 154 Å². The van der Waals surface area contributed by atoms with E-state index in [9.17, 15) is 9.59 Å². The van der Waals surface area contributed by atoms with Crippen molar-refractivity contribution in [2.75, 3.05) is 25.2 Å². The maximum atomic E-state index is 12.8. The van der Waals surface area contributed by atoms with Crippen LogP contribution in [0, 0.1) is 5.92 Å². The second kappa shape index (κ2) is 8.43. The van der Waals surface area contributed by atoms with Crippen molar-refractivity contribution in [1.82, 2.24) is 5.32 Å². The fourth-order valence-corrected chi connectivity index (χ4v) is 3.73. The van der Waals surface area contributed by atoms with Gasteiger partial charge in [0.25, 0.3) is 0 Å². The summed E-state index contributed by atoms with van der Waals surface area (Å²) < 4.78 is 10.9. The molecule has 142 valence electrons. The van der Waals surface area contributed by atoms with E-state index in [1.807, 2.05) is 25.1 Å². The average molecular weight is 360 g/mol. The normalized spacial score (nSPS) is 18.5. The summed E-state index contributed by atoms with van der Waals surface area (Å²) >= 11 is 0. The van der Waals surface area contributed by atoms with Gasteiger partial charge in [-0.3, -0.25) is 9.59 Å². The molecular weight excluding hydrogens is 332 g/mol. The number of nitrogens with zero attached hydrogens (tertiary/aromatic N) is 1. The molecule has 3 rings (SSSR count). The van der Waals surface area contributed by atoms with Crippen molar-refractivity contribution in [1.29, 1.82) is 0 Å². The van der Waals surface area contributed by atoms with Crippen LogP contribution in [-0.4, -0.2) is 38.1 Å². The van der Waals surface area contributed by atoms with E-state index in [1.165, 1.54) is 6.42 Å². The molecule has 6 heteroatoms. The lowest BCUT2D eigenvalue weighted by Crippen LogP contribution is -2.44. The minimum atomic E-state index is -0.186. The predicted molar refractivity (Wildman–Crippen MR) is 99.6 cm³/mol. The van der Waals surface area contributed by atoms with Crippen LogP contribution in [0.1, 0.15) is 45.4 Å². The van der Waals surface area contributed by atoms with Gasteiger partial charge in [-0.2, -0.15) is 0 Å². The lowest BCUT2D eigenvalue weighted by Gasteiger charge is -2.31. The average Bonchev–Trinajstić information content (AvgIpc) is 2.67. The Morgan fingerprint density at radius 3 is 2.81 bits per heavy atom. The molecule has 26 heavy (non-hydrogen) atoms. The van der Waals surface area contributed by atoms with Crippen LogP contribution in [-0.2, 0) is 9.59 Å². The third kappa shape index (κ3) is 4.29. The van der Waals surface area contributed by atoms with E-state index in [0.29, 0.717) is 24.7 Å². The number of hydrogen-bond donors (Lipinski definition) is 1. The number of amides is 2. The number of fused-ring (bicyclic) bond motifs is 1. The van der Waals surface area contributed by atoms with Crippen molar-refractivity contribution in [3.8, 4) is 11.5 Å². The number of methoxy groups -OCH3 is 1. The summed E-state index contributed by atoms with van der Waals surface area (Å²) in [5, 5.41) is 3.02. The largest absolute Gasteiger partial charge is 0.497 e. The van der Waals surface area contributed by atoms with E-state index >= 15 is 0 Å². The molecular formula is C20H28N2O4. The first-order valence-electron chi connectivity index (χ1n) is 9.50. The maximum absolute atomic E-state index is 12.8. The van der Waals surface area contributed by atoms with Crippen molar-refractivity contribution in [2.45, 2.75) is 51.5 Å². The monoisotopic (exact) mass is 360 g/mol. The Bertz CT molecular complexity index is 655. The SMILES string of the molecule is COc1ccc2c(c1)N(C(=O)CC(C)NC(=O)C1CCCCC1)CCO2. The van der Waals surface area contributed by atoms with Gasteiger partial charge < -0.3 is 19.7 Å². The highest BCUT2D eigenvalue weighted by Gasteiger charge is 2.27. The van der Waals surface area contributed by atoms with Crippen molar-refractivity contribution < 1.29 is 19.1 Å². The summed E-state index contributed by atoms with van der Waals surface area (Å²) in [4.78, 5) is 26.9. The topological polar surface area (TPSA) is 67.9 Å². The Morgan fingerprint density at radius 2 is 2.08 bits per heavy atom. The molecule has 1 atom stereocenters. The van der Waals surface area contributed by atoms with Crippen LogP contribution in [0.2, 0.25) is 0 Å². The summed E-state index contributed by atoms with van der Waals surface area (Å²) in [7, 11) is 1.60. The number of nitrogens with one attached hydrogen (secondary N) is 1. The zero-order valence-electron chi connectivity index (χ0n) is 15.6. The van der Waals surface area contributed by atoms with Gasteiger partial charge in [0.05, 0.1) is 19.3 Å². The summed E-state index contributed by atoms with van der Waals surface area (Å²) in [5.41, 5.74) is 0.728. The van der Waals surface area contributed by atoms with Crippen LogP contribution in [0.3, 0.4) is 0 Å². The molecule has 1 aromatic carbocycles. The highest BCUT2D eigenvalue weighted by atomic mass is 16.5. The molecule has 1 fully saturated rings. The first-order valence-corrected chi connectivity index (χ1v) is 9.50. The van der Waals surface area contributed by atoms with E-state index in [4.69, 9.17) is 9.47 Å². The number of ether oxygens (including phenoxy) is 2. The van der Waals surface area contributed by atoms with E-state index in [2.05, 4.69) is 5.32 Å². The first kappa shape index (κ1) is 18.5. The standard InChI is InChI=1S/C20H28N2O4/c1-14(21-20(24)15-6-4-3-5-7-15)12-19(23)22-10-11-26-18-9-8-16(25-2)13-17(18)22/h8-9,13-15H,3-7,10-12H2,1-2H3,(H,21,24). The van der Waals surface area contributed by atoms with Gasteiger partial charge in [-0.25, -0.2) is 0 Å². The molecule has 0 spiro atoms. The molecule has 1 unspecified atom stereocenters. The van der Waals surface area contributed by atoms with Crippen molar-refractivity contribution in [3.63, 3.8) is 0 Å². The molecule has 0 bridgehead atoms. The number of anilines is 1. The first-order chi connectivity index (χ1) is 12.6. The predicted octanol–water partition coefficient (Wildman–Crippen LogP) is 2.90. The number of rotatable bonds is 5. The molecule has 1 aromatic rings. The zero-order valence-corrected chi connectivity index (χ0v) is 15.6. The molecule has 2 amide bonds. The Hall–Kier alpha value is -2.24. The highest BCUT2D eigenvalue weighted by Crippen LogP contribution is 2.35. The molecule has 1 aliphatic heterocycles. The van der Waals surface area contributed by atoms with E-state index < -0.39 is 0 Å². The minimum Gasteiger partial charge on any atom is -0.497 e. The van der Waals surface area contributed by atoms with Crippen LogP contribution >= 0.6 is 0 Å². The maximum Gasteiger partial charge on any atom is 0.229 e. The number of hydrogen-bond acceptors (Lipinski definition) is 4. The van der Waals surface area contributed by atoms with Crippen LogP contribution < -0.4 is 19.7 Å². The van der Waals surface area contributed by atoms with Crippen LogP contribution in [0.5, 0.6) is 11.5 Å². The lowest BCUT2D eigenvalue weighted by atomic mass is 9.88. The molecule has 1 heterocycles. The van der Waals surface area contributed by atoms with Crippen molar-refractivity contribution in [2.24, 2.45) is 5.92 Å². The van der Waals surface area contributed by atoms with Gasteiger partial charge in [0, 0.05) is 24.4 Å². The molecule has 1 aliphatic carbocycles. The van der Waals surface area contributed by atoms with Gasteiger partial charge in [0.15, 0.2) is 0 Å². The van der Waals surface area contributed by atoms with Gasteiger partial charge in [-0.05, 0) is 31.9 Å². The summed E-state index contributed by atoms with van der Waals surface area (Å²) in [6, 6.07) is 5.27. The zero-order chi connectivity index (χ0) is 18.5. The third-order valence-electron chi connectivity index (χ3n) is 5.18. The molecule has 1 saturated carbocycles. The van der Waals surface area contributed by atoms with Crippen molar-refractivity contribution >= 4 is 17.5 Å². The van der Waals surface area contributed by atoms with Gasteiger partial charge in [-0.15, -0.1) is 0 Å². The Kier molecular flexibility index (Phi) is 6.01. The van der Waals surface area contributed by atoms with Gasteiger partial charge >= 0.3 is 0 Å². The van der Waals surface area contributed by atoms with Gasteiger partial charge in [0.2, 0.25) is 11.8 Å². The summed E-state index contributed by atoms with van der Waals surface area (Å²) in [5.74, 6) is 1.55. The van der Waals surface area contributed by atoms with Crippen LogP contribution in [0.4, 0.5) is 5.69 Å². The molecule has 0 aromatic heterocycles. The van der Waals surface area contributed by atoms with E-state index in [-0.39, 0.29) is 30.2 Å². The number of carbonyl (C=O) groups excluding carboxylic acids is 2. The number of carbonyl (C=O) groups is 2. The van der Waals surface area contributed by atoms with Crippen LogP contribution in [0.25, 0.3) is 0 Å². The molecule has 2 aliphatic rings. The van der Waals surface area contributed by atoms with Crippen molar-refractivity contribution in [3.05, 3.63) is 18.2 Å². The van der Waals surface area contributed by atoms with E-state index in [1.54, 1.807) is 12.0 Å². The highest BCUT2D eigenvalue weighted by molar-refractivity contribution is 5.96.